The van der Waals surface area contributed by atoms with E-state index in [4.69, 9.17) is 0 Å². The number of rotatable bonds is 3. The normalized spacial score (nSPS) is 39.4. The van der Waals surface area contributed by atoms with Gasteiger partial charge in [0.1, 0.15) is 0 Å². The third-order valence-electron chi connectivity index (χ3n) is 2.94. The van der Waals surface area contributed by atoms with Gasteiger partial charge < -0.3 is 0 Å². The highest BCUT2D eigenvalue weighted by molar-refractivity contribution is 9.24. The Morgan fingerprint density at radius 2 is 1.53 bits per heavy atom. The van der Waals surface area contributed by atoms with Crippen LogP contribution >= 0.6 is 79.6 Å². The molecule has 1 aliphatic carbocycles. The van der Waals surface area contributed by atoms with Crippen molar-refractivity contribution >= 4 is 79.6 Å². The van der Waals surface area contributed by atoms with Crippen LogP contribution in [0.25, 0.3) is 0 Å². The Hall–Kier alpha value is 2.40. The highest BCUT2D eigenvalue weighted by atomic mass is 79.9. The van der Waals surface area contributed by atoms with Crippen LogP contribution in [0.15, 0.2) is 0 Å². The number of hydrogen-bond donors (Lipinski definition) is 0. The Morgan fingerprint density at radius 1 is 1.07 bits per heavy atom. The maximum Gasteiger partial charge on any atom is 0.0723 e. The lowest BCUT2D eigenvalue weighted by molar-refractivity contribution is 0.327. The van der Waals surface area contributed by atoms with E-state index in [9.17, 15) is 0 Å². The minimum atomic E-state index is 0.439. The molecule has 0 amide bonds. The van der Waals surface area contributed by atoms with Gasteiger partial charge in [-0.25, -0.2) is 0 Å². The molecule has 3 unspecified atom stereocenters. The fourth-order valence-corrected chi connectivity index (χ4v) is 5.11. The summed E-state index contributed by atoms with van der Waals surface area (Å²) in [4.78, 5) is 1.75. The molecule has 0 aromatic carbocycles. The summed E-state index contributed by atoms with van der Waals surface area (Å²) in [5, 5.41) is 0. The van der Waals surface area contributed by atoms with Crippen molar-refractivity contribution in [1.29, 1.82) is 0 Å². The van der Waals surface area contributed by atoms with Gasteiger partial charge in [-0.15, -0.1) is 0 Å². The molecule has 0 radical (unpaired) electrons. The lowest BCUT2D eigenvalue weighted by atomic mass is 9.83. The summed E-state index contributed by atoms with van der Waals surface area (Å²) in [6.45, 7) is 2.29. The topological polar surface area (TPSA) is 0 Å². The maximum atomic E-state index is 3.76. The Balaban J connectivity index is 2.44. The third kappa shape index (κ3) is 4.88. The highest BCUT2D eigenvalue weighted by Gasteiger charge is 2.34. The van der Waals surface area contributed by atoms with Crippen LogP contribution in [-0.2, 0) is 0 Å². The minimum absolute atomic E-state index is 0.439. The molecule has 0 aromatic heterocycles. The summed E-state index contributed by atoms with van der Waals surface area (Å²) in [5.74, 6) is 1.50. The molecule has 0 bridgehead atoms. The fourth-order valence-electron chi connectivity index (χ4n) is 2.04. The second-order valence-electron chi connectivity index (χ2n) is 4.36. The Labute approximate surface area is 134 Å². The van der Waals surface area contributed by atoms with Crippen molar-refractivity contribution in [3.8, 4) is 0 Å². The molecule has 0 saturated heterocycles. The molecule has 15 heavy (non-hydrogen) atoms. The van der Waals surface area contributed by atoms with Crippen molar-refractivity contribution in [3.05, 3.63) is 0 Å². The van der Waals surface area contributed by atoms with Gasteiger partial charge in [0, 0.05) is 14.5 Å². The van der Waals surface area contributed by atoms with Crippen molar-refractivity contribution in [3.63, 3.8) is 0 Å². The lowest BCUT2D eigenvalue weighted by Crippen LogP contribution is -2.35. The fraction of sp³-hybridized carbons (Fsp3) is 1.00. The Kier molecular flexibility index (Phi) is 7.32. The molecule has 0 heterocycles. The van der Waals surface area contributed by atoms with E-state index < -0.39 is 0 Å². The van der Waals surface area contributed by atoms with Gasteiger partial charge in [0.2, 0.25) is 0 Å². The molecule has 0 nitrogen and oxygen atoms in total. The first-order chi connectivity index (χ1) is 6.91. The molecule has 0 spiro atoms. The summed E-state index contributed by atoms with van der Waals surface area (Å²) in [6.07, 6.45) is 3.83. The second-order valence-corrected chi connectivity index (χ2v) is 11.0. The predicted octanol–water partition coefficient (Wildman–Crippen LogP) is 5.83. The molecule has 1 saturated carbocycles. The van der Waals surface area contributed by atoms with Crippen molar-refractivity contribution in [2.24, 2.45) is 11.8 Å². The van der Waals surface area contributed by atoms with Crippen molar-refractivity contribution in [2.45, 2.75) is 44.4 Å². The zero-order valence-electron chi connectivity index (χ0n) is 8.48. The molecular weight excluding hydrogens is 520 g/mol. The van der Waals surface area contributed by atoms with Gasteiger partial charge in [-0.3, -0.25) is 0 Å². The minimum Gasteiger partial charge on any atom is -0.0878 e. The van der Waals surface area contributed by atoms with E-state index in [-0.39, 0.29) is 0 Å². The van der Waals surface area contributed by atoms with Crippen LogP contribution in [0.5, 0.6) is 0 Å². The van der Waals surface area contributed by atoms with Gasteiger partial charge >= 0.3 is 0 Å². The van der Waals surface area contributed by atoms with Crippen LogP contribution in [0.4, 0.5) is 0 Å². The molecule has 1 aliphatic rings. The monoisotopic (exact) mass is 530 g/mol. The first-order valence-corrected chi connectivity index (χ1v) is 9.70. The lowest BCUT2D eigenvalue weighted by Gasteiger charge is -2.35. The highest BCUT2D eigenvalue weighted by Crippen LogP contribution is 2.41. The molecule has 0 aliphatic heterocycles. The summed E-state index contributed by atoms with van der Waals surface area (Å²) >= 11 is 18.4. The van der Waals surface area contributed by atoms with Crippen LogP contribution < -0.4 is 0 Å². The largest absolute Gasteiger partial charge is 0.0878 e. The van der Waals surface area contributed by atoms with Crippen LogP contribution in [-0.4, -0.2) is 18.2 Å². The van der Waals surface area contributed by atoms with Gasteiger partial charge in [0.25, 0.3) is 0 Å². The molecule has 1 fully saturated rings. The smallest absolute Gasteiger partial charge is 0.0723 e. The van der Waals surface area contributed by atoms with E-state index in [0.29, 0.717) is 24.1 Å². The molecular formula is C10H15Br5. The molecule has 0 aromatic rings. The Bertz CT molecular complexity index is 184. The Morgan fingerprint density at radius 3 is 1.93 bits per heavy atom. The van der Waals surface area contributed by atoms with Crippen LogP contribution in [0.1, 0.15) is 26.2 Å². The molecule has 90 valence electrons. The van der Waals surface area contributed by atoms with Crippen molar-refractivity contribution in [2.75, 3.05) is 0 Å². The van der Waals surface area contributed by atoms with E-state index in [0.717, 1.165) is 5.92 Å². The summed E-state index contributed by atoms with van der Waals surface area (Å²) in [7, 11) is 0. The van der Waals surface area contributed by atoms with E-state index in [1.807, 2.05) is 0 Å². The van der Waals surface area contributed by atoms with Gasteiger partial charge in [-0.2, -0.15) is 0 Å². The first-order valence-electron chi connectivity index (χ1n) is 5.12. The van der Waals surface area contributed by atoms with E-state index in [1.165, 1.54) is 19.3 Å². The maximum absolute atomic E-state index is 3.76. The number of halogens is 5. The second kappa shape index (κ2) is 7.10. The average molecular weight is 535 g/mol. The standard InChI is InChI=1S/C10H15Br5/c1-5(10(14)15)2-6-3-7(11)9(13)8(12)4-6/h5-10H,2-4H2,1H3. The SMILES string of the molecule is CC(CC1CC(Br)C(Br)C(Br)C1)C(Br)Br. The van der Waals surface area contributed by atoms with Crippen molar-refractivity contribution in [1.82, 2.24) is 0 Å². The average Bonchev–Trinajstić information content (AvgIpc) is 2.13. The molecule has 3 atom stereocenters. The summed E-state index contributed by atoms with van der Waals surface area (Å²) in [6, 6.07) is 0. The van der Waals surface area contributed by atoms with Crippen LogP contribution in [0.2, 0.25) is 0 Å². The van der Waals surface area contributed by atoms with E-state index >= 15 is 0 Å². The third-order valence-corrected chi connectivity index (χ3v) is 9.33. The first kappa shape index (κ1) is 15.5. The van der Waals surface area contributed by atoms with Gasteiger partial charge in [0.15, 0.2) is 0 Å². The van der Waals surface area contributed by atoms with Crippen LogP contribution in [0.3, 0.4) is 0 Å². The molecule has 0 N–H and O–H groups in total. The summed E-state index contributed by atoms with van der Waals surface area (Å²) in [5.41, 5.74) is 0. The zero-order valence-corrected chi connectivity index (χ0v) is 16.4. The van der Waals surface area contributed by atoms with Crippen LogP contribution in [0, 0.1) is 11.8 Å². The van der Waals surface area contributed by atoms with E-state index in [2.05, 4.69) is 86.6 Å². The van der Waals surface area contributed by atoms with Gasteiger partial charge in [-0.05, 0) is 31.1 Å². The number of hydrogen-bond acceptors (Lipinski definition) is 0. The summed E-state index contributed by atoms with van der Waals surface area (Å²) < 4.78 is 0.439. The van der Waals surface area contributed by atoms with Gasteiger partial charge in [-0.1, -0.05) is 86.6 Å². The quantitative estimate of drug-likeness (QED) is 0.400. The predicted molar refractivity (Wildman–Crippen MR) is 86.3 cm³/mol. The number of alkyl halides is 5. The van der Waals surface area contributed by atoms with Crippen molar-refractivity contribution < 1.29 is 0 Å². The molecule has 5 heteroatoms. The van der Waals surface area contributed by atoms with E-state index in [1.54, 1.807) is 0 Å². The molecule has 1 rings (SSSR count). The van der Waals surface area contributed by atoms with Gasteiger partial charge in [0.05, 0.1) is 3.74 Å². The zero-order chi connectivity index (χ0) is 11.6.